The highest BCUT2D eigenvalue weighted by Gasteiger charge is 2.40. The smallest absolute Gasteiger partial charge is 0.268 e. The van der Waals surface area contributed by atoms with E-state index in [0.717, 1.165) is 18.5 Å². The predicted molar refractivity (Wildman–Crippen MR) is 153 cm³/mol. The summed E-state index contributed by atoms with van der Waals surface area (Å²) in [5.41, 5.74) is 2.26. The Morgan fingerprint density at radius 1 is 1.07 bits per heavy atom. The zero-order valence-corrected chi connectivity index (χ0v) is 25.8. The highest BCUT2D eigenvalue weighted by Crippen LogP contribution is 2.39. The van der Waals surface area contributed by atoms with Gasteiger partial charge in [-0.15, -0.1) is 0 Å². The highest BCUT2D eigenvalue weighted by molar-refractivity contribution is 7.89. The molecule has 1 aromatic carbocycles. The third-order valence-electron chi connectivity index (χ3n) is 7.04. The second kappa shape index (κ2) is 14.2. The van der Waals surface area contributed by atoms with Gasteiger partial charge in [-0.2, -0.15) is 12.7 Å². The first-order valence-corrected chi connectivity index (χ1v) is 17.0. The molecule has 12 nitrogen and oxygen atoms in total. The minimum absolute atomic E-state index is 0.145. The van der Waals surface area contributed by atoms with Gasteiger partial charge in [-0.1, -0.05) is 6.92 Å². The Morgan fingerprint density at radius 2 is 1.73 bits per heavy atom. The maximum atomic E-state index is 13.6. The topological polar surface area (TPSA) is 140 Å². The molecule has 0 spiro atoms. The largest absolute Gasteiger partial charge is 0.494 e. The van der Waals surface area contributed by atoms with E-state index in [0.29, 0.717) is 82.2 Å². The second-order valence-corrected chi connectivity index (χ2v) is 13.7. The number of halogens is 1. The van der Waals surface area contributed by atoms with E-state index in [9.17, 15) is 26.0 Å². The molecule has 0 aliphatic carbocycles. The number of nitrogens with one attached hydrogen (secondary N) is 1. The van der Waals surface area contributed by atoms with Crippen LogP contribution in [0.3, 0.4) is 0 Å². The van der Waals surface area contributed by atoms with Gasteiger partial charge in [-0.05, 0) is 50.1 Å². The SMILES string of the molecule is CCCN1CC2=C(C(=O)NC2c2cc(S(=O)(=O)N3CCN(CCCF)CC3)ccc2OCC)N(C)C1.CS(=O)(=O)O. The molecule has 0 bridgehead atoms. The van der Waals surface area contributed by atoms with Crippen LogP contribution in [0.25, 0.3) is 0 Å². The molecule has 3 aliphatic rings. The number of rotatable bonds is 10. The monoisotopic (exact) mass is 619 g/mol. The Kier molecular flexibility index (Phi) is 11.5. The van der Waals surface area contributed by atoms with Gasteiger partial charge in [-0.3, -0.25) is 18.6 Å². The summed E-state index contributed by atoms with van der Waals surface area (Å²) in [4.78, 5) is 19.5. The van der Waals surface area contributed by atoms with Crippen LogP contribution in [-0.4, -0.2) is 125 Å². The van der Waals surface area contributed by atoms with Gasteiger partial charge in [0.05, 0.1) is 37.1 Å². The standard InChI is InChI=1S/C25H38FN5O4S.CH4O3S/c1-4-10-30-17-21-23(27-25(32)24(21)28(3)18-30)20-16-19(7-8-22(20)35-5-2)36(33,34)31-14-12-29(13-15-31)11-6-9-26;1-5(2,3)4/h7-8,16,23H,4-6,9-15,17-18H2,1-3H3,(H,27,32);1H3,(H,2,3,4). The van der Waals surface area contributed by atoms with E-state index < -0.39 is 26.2 Å². The van der Waals surface area contributed by atoms with Crippen molar-refractivity contribution in [2.24, 2.45) is 0 Å². The molecular formula is C26H42FN5O7S2. The van der Waals surface area contributed by atoms with Crippen molar-refractivity contribution in [2.45, 2.75) is 37.6 Å². The van der Waals surface area contributed by atoms with Crippen molar-refractivity contribution < 1.29 is 35.3 Å². The number of sulfonamides is 1. The van der Waals surface area contributed by atoms with E-state index in [1.54, 1.807) is 18.2 Å². The molecule has 1 amide bonds. The van der Waals surface area contributed by atoms with Crippen LogP contribution < -0.4 is 10.1 Å². The molecule has 2 N–H and O–H groups in total. The van der Waals surface area contributed by atoms with Crippen LogP contribution >= 0.6 is 0 Å². The first-order chi connectivity index (χ1) is 19.3. The molecule has 1 unspecified atom stereocenters. The quantitative estimate of drug-likeness (QED) is 0.369. The van der Waals surface area contributed by atoms with E-state index in [-0.39, 0.29) is 17.5 Å². The van der Waals surface area contributed by atoms with Crippen LogP contribution in [0.15, 0.2) is 34.4 Å². The molecule has 3 aliphatic heterocycles. The minimum Gasteiger partial charge on any atom is -0.494 e. The van der Waals surface area contributed by atoms with Crippen LogP contribution in [0.2, 0.25) is 0 Å². The molecule has 15 heteroatoms. The molecule has 232 valence electrons. The number of nitrogens with zero attached hydrogens (tertiary/aromatic N) is 4. The fourth-order valence-electron chi connectivity index (χ4n) is 5.37. The number of hydrogen-bond donors (Lipinski definition) is 2. The maximum Gasteiger partial charge on any atom is 0.268 e. The predicted octanol–water partition coefficient (Wildman–Crippen LogP) is 1.30. The summed E-state index contributed by atoms with van der Waals surface area (Å²) in [5, 5.41) is 3.08. The van der Waals surface area contributed by atoms with Crippen LogP contribution in [0.4, 0.5) is 4.39 Å². The molecule has 1 fully saturated rings. The number of hydrogen-bond acceptors (Lipinski definition) is 9. The summed E-state index contributed by atoms with van der Waals surface area (Å²) >= 11 is 0. The first kappa shape index (κ1) is 33.2. The van der Waals surface area contributed by atoms with Gasteiger partial charge in [0.25, 0.3) is 16.0 Å². The van der Waals surface area contributed by atoms with Crippen molar-refractivity contribution >= 4 is 26.0 Å². The van der Waals surface area contributed by atoms with Crippen LogP contribution in [0.5, 0.6) is 5.75 Å². The third-order valence-corrected chi connectivity index (χ3v) is 8.93. The molecule has 1 saturated heterocycles. The number of likely N-dealkylation sites (N-methyl/N-ethyl adjacent to an activating group) is 1. The van der Waals surface area contributed by atoms with Gasteiger partial charge in [-0.25, -0.2) is 8.42 Å². The molecule has 4 rings (SSSR count). The summed E-state index contributed by atoms with van der Waals surface area (Å²) in [6, 6.07) is 4.49. The number of piperazine rings is 1. The maximum absolute atomic E-state index is 13.6. The lowest BCUT2D eigenvalue weighted by Gasteiger charge is -2.35. The average molecular weight is 620 g/mol. The van der Waals surface area contributed by atoms with Crippen LogP contribution in [0, 0.1) is 0 Å². The Balaban J connectivity index is 0.000000850. The zero-order chi connectivity index (χ0) is 30.4. The summed E-state index contributed by atoms with van der Waals surface area (Å²) in [6.45, 7) is 8.82. The Bertz CT molecular complexity index is 1310. The summed E-state index contributed by atoms with van der Waals surface area (Å²) in [6.07, 6.45) is 2.18. The number of carbonyl (C=O) groups excluding carboxylic acids is 1. The van der Waals surface area contributed by atoms with Gasteiger partial charge in [0.15, 0.2) is 0 Å². The fraction of sp³-hybridized carbons (Fsp3) is 0.654. The lowest BCUT2D eigenvalue weighted by atomic mass is 9.97. The molecule has 0 aromatic heterocycles. The van der Waals surface area contributed by atoms with Gasteiger partial charge in [0.1, 0.15) is 11.4 Å². The number of carbonyl (C=O) groups is 1. The summed E-state index contributed by atoms with van der Waals surface area (Å²) in [5.74, 6) is 0.426. The molecule has 1 atom stereocenters. The normalized spacial score (nSPS) is 20.9. The van der Waals surface area contributed by atoms with Gasteiger partial charge < -0.3 is 19.9 Å². The van der Waals surface area contributed by atoms with E-state index >= 15 is 0 Å². The lowest BCUT2D eigenvalue weighted by Crippen LogP contribution is -2.48. The molecular weight excluding hydrogens is 577 g/mol. The lowest BCUT2D eigenvalue weighted by molar-refractivity contribution is -0.118. The van der Waals surface area contributed by atoms with Gasteiger partial charge in [0, 0.05) is 51.9 Å². The second-order valence-electron chi connectivity index (χ2n) is 10.3. The molecule has 0 radical (unpaired) electrons. The molecule has 1 aromatic rings. The van der Waals surface area contributed by atoms with Crippen LogP contribution in [-0.2, 0) is 24.9 Å². The first-order valence-electron chi connectivity index (χ1n) is 13.7. The third kappa shape index (κ3) is 8.61. The number of alkyl halides is 1. The average Bonchev–Trinajstić information content (AvgIpc) is 3.23. The van der Waals surface area contributed by atoms with Crippen molar-refractivity contribution in [3.05, 3.63) is 35.0 Å². The van der Waals surface area contributed by atoms with E-state index in [4.69, 9.17) is 9.29 Å². The van der Waals surface area contributed by atoms with Crippen molar-refractivity contribution in [3.63, 3.8) is 0 Å². The van der Waals surface area contributed by atoms with E-state index in [1.807, 2.05) is 18.9 Å². The number of amides is 1. The highest BCUT2D eigenvalue weighted by atomic mass is 32.2. The van der Waals surface area contributed by atoms with E-state index in [2.05, 4.69) is 22.0 Å². The Morgan fingerprint density at radius 3 is 2.32 bits per heavy atom. The zero-order valence-electron chi connectivity index (χ0n) is 24.2. The molecule has 41 heavy (non-hydrogen) atoms. The summed E-state index contributed by atoms with van der Waals surface area (Å²) < 4.78 is 72.9. The number of ether oxygens (including phenoxy) is 1. The van der Waals surface area contributed by atoms with Crippen molar-refractivity contribution in [1.82, 2.24) is 24.3 Å². The Hall–Kier alpha value is -2.30. The number of benzene rings is 1. The fourth-order valence-corrected chi connectivity index (χ4v) is 6.83. The van der Waals surface area contributed by atoms with Gasteiger partial charge in [0.2, 0.25) is 10.0 Å². The minimum atomic E-state index is -3.74. The van der Waals surface area contributed by atoms with Crippen molar-refractivity contribution in [2.75, 3.05) is 79.1 Å². The van der Waals surface area contributed by atoms with Crippen LogP contribution in [0.1, 0.15) is 38.3 Å². The van der Waals surface area contributed by atoms with Crippen molar-refractivity contribution in [3.8, 4) is 5.75 Å². The van der Waals surface area contributed by atoms with E-state index in [1.165, 1.54) is 4.31 Å². The summed E-state index contributed by atoms with van der Waals surface area (Å²) in [7, 11) is -5.49. The molecule has 3 heterocycles. The van der Waals surface area contributed by atoms with Crippen molar-refractivity contribution in [1.29, 1.82) is 0 Å². The van der Waals surface area contributed by atoms with Gasteiger partial charge >= 0.3 is 0 Å². The Labute approximate surface area is 242 Å². The molecule has 0 saturated carbocycles.